The third-order valence-corrected chi connectivity index (χ3v) is 1.85. The maximum Gasteiger partial charge on any atom is 0.272 e. The summed E-state index contributed by atoms with van der Waals surface area (Å²) in [6.07, 6.45) is 0. The summed E-state index contributed by atoms with van der Waals surface area (Å²) in [4.78, 5) is 11.3. The highest BCUT2D eigenvalue weighted by Crippen LogP contribution is 2.17. The van der Waals surface area contributed by atoms with Crippen molar-refractivity contribution in [1.82, 2.24) is 10.4 Å². The second kappa shape index (κ2) is 6.75. The molecule has 0 bridgehead atoms. The maximum atomic E-state index is 11.3. The Bertz CT molecular complexity index is 349. The summed E-state index contributed by atoms with van der Waals surface area (Å²) in [5.74, 6) is 1.24. The number of hydrogen-bond donors (Lipinski definition) is 1. The lowest BCUT2D eigenvalue weighted by Gasteiger charge is -2.12. The Balaban J connectivity index is 2.39. The number of carbonyl (C=O) groups is 1. The monoisotopic (exact) mass is 238 g/mol. The van der Waals surface area contributed by atoms with Gasteiger partial charge in [-0.3, -0.25) is 10.2 Å². The summed E-state index contributed by atoms with van der Waals surface area (Å²) in [7, 11) is 3.49. The molecule has 0 fully saturated rings. The smallest absolute Gasteiger partial charge is 0.272 e. The zero-order valence-electron chi connectivity index (χ0n) is 10.4. The molecule has 0 spiro atoms. The Hall–Kier alpha value is -1.75. The standard InChI is InChI=1S/C12H18N2O3/c1-4-16-10-5-7-11(8-6-10)17-9-12(15)13-14(2)3/h5-8H,4,9H2,1-3H3,(H,13,15). The van der Waals surface area contributed by atoms with Crippen LogP contribution < -0.4 is 14.9 Å². The van der Waals surface area contributed by atoms with Gasteiger partial charge < -0.3 is 9.47 Å². The normalized spacial score (nSPS) is 10.1. The SMILES string of the molecule is CCOc1ccc(OCC(=O)NN(C)C)cc1. The van der Waals surface area contributed by atoms with Gasteiger partial charge in [-0.05, 0) is 31.2 Å². The zero-order chi connectivity index (χ0) is 12.7. The molecule has 1 aromatic carbocycles. The first kappa shape index (κ1) is 13.3. The lowest BCUT2D eigenvalue weighted by Crippen LogP contribution is -2.39. The van der Waals surface area contributed by atoms with Gasteiger partial charge in [0.2, 0.25) is 0 Å². The Kier molecular flexibility index (Phi) is 5.29. The molecule has 0 heterocycles. The third-order valence-electron chi connectivity index (χ3n) is 1.85. The van der Waals surface area contributed by atoms with Crippen molar-refractivity contribution in [2.24, 2.45) is 0 Å². The summed E-state index contributed by atoms with van der Waals surface area (Å²) >= 11 is 0. The van der Waals surface area contributed by atoms with Crippen molar-refractivity contribution in [1.29, 1.82) is 0 Å². The van der Waals surface area contributed by atoms with Crippen molar-refractivity contribution in [3.05, 3.63) is 24.3 Å². The van der Waals surface area contributed by atoms with Gasteiger partial charge >= 0.3 is 0 Å². The van der Waals surface area contributed by atoms with Gasteiger partial charge in [-0.15, -0.1) is 0 Å². The van der Waals surface area contributed by atoms with Crippen LogP contribution in [-0.2, 0) is 4.79 Å². The van der Waals surface area contributed by atoms with Crippen LogP contribution in [0.3, 0.4) is 0 Å². The largest absolute Gasteiger partial charge is 0.494 e. The predicted molar refractivity (Wildman–Crippen MR) is 64.9 cm³/mol. The molecule has 5 heteroatoms. The Morgan fingerprint density at radius 1 is 1.18 bits per heavy atom. The summed E-state index contributed by atoms with van der Waals surface area (Å²) in [5, 5.41) is 1.57. The van der Waals surface area contributed by atoms with Gasteiger partial charge in [-0.1, -0.05) is 0 Å². The summed E-state index contributed by atoms with van der Waals surface area (Å²) < 4.78 is 10.6. The fourth-order valence-electron chi connectivity index (χ4n) is 1.23. The molecule has 1 amide bonds. The molecule has 5 nitrogen and oxygen atoms in total. The number of rotatable bonds is 6. The highest BCUT2D eigenvalue weighted by molar-refractivity contribution is 5.76. The number of ether oxygens (including phenoxy) is 2. The van der Waals surface area contributed by atoms with Gasteiger partial charge in [0.15, 0.2) is 6.61 Å². The number of nitrogens with zero attached hydrogens (tertiary/aromatic N) is 1. The van der Waals surface area contributed by atoms with Crippen LogP contribution in [0.5, 0.6) is 11.5 Å². The molecule has 0 aliphatic heterocycles. The highest BCUT2D eigenvalue weighted by atomic mass is 16.5. The first-order chi connectivity index (χ1) is 8.11. The summed E-state index contributed by atoms with van der Waals surface area (Å²) in [6, 6.07) is 7.16. The van der Waals surface area contributed by atoms with E-state index >= 15 is 0 Å². The molecular weight excluding hydrogens is 220 g/mol. The van der Waals surface area contributed by atoms with Crippen LogP contribution >= 0.6 is 0 Å². The van der Waals surface area contributed by atoms with E-state index in [0.29, 0.717) is 12.4 Å². The molecule has 0 unspecified atom stereocenters. The third kappa shape index (κ3) is 5.21. The van der Waals surface area contributed by atoms with Crippen LogP contribution in [-0.4, -0.2) is 38.2 Å². The minimum atomic E-state index is -0.191. The topological polar surface area (TPSA) is 50.8 Å². The van der Waals surface area contributed by atoms with E-state index in [1.54, 1.807) is 31.2 Å². The number of amides is 1. The van der Waals surface area contributed by atoms with Gasteiger partial charge in [0, 0.05) is 14.1 Å². The first-order valence-corrected chi connectivity index (χ1v) is 5.44. The van der Waals surface area contributed by atoms with Crippen molar-refractivity contribution < 1.29 is 14.3 Å². The first-order valence-electron chi connectivity index (χ1n) is 5.44. The van der Waals surface area contributed by atoms with Gasteiger partial charge in [-0.2, -0.15) is 0 Å². The van der Waals surface area contributed by atoms with E-state index in [1.807, 2.05) is 19.1 Å². The van der Waals surface area contributed by atoms with Gasteiger partial charge in [0.25, 0.3) is 5.91 Å². The van der Waals surface area contributed by atoms with E-state index in [0.717, 1.165) is 5.75 Å². The number of benzene rings is 1. The number of hydrazine groups is 1. The van der Waals surface area contributed by atoms with E-state index in [4.69, 9.17) is 9.47 Å². The molecule has 94 valence electrons. The molecule has 1 aromatic rings. The zero-order valence-corrected chi connectivity index (χ0v) is 10.4. The molecule has 0 aliphatic rings. The number of nitrogens with one attached hydrogen (secondary N) is 1. The molecule has 1 rings (SSSR count). The molecule has 1 N–H and O–H groups in total. The highest BCUT2D eigenvalue weighted by Gasteiger charge is 2.03. The van der Waals surface area contributed by atoms with E-state index in [9.17, 15) is 4.79 Å². The molecule has 0 saturated heterocycles. The molecule has 0 saturated carbocycles. The van der Waals surface area contributed by atoms with Crippen LogP contribution in [0.2, 0.25) is 0 Å². The van der Waals surface area contributed by atoms with Crippen molar-refractivity contribution in [3.8, 4) is 11.5 Å². The van der Waals surface area contributed by atoms with Crippen LogP contribution in [0, 0.1) is 0 Å². The lowest BCUT2D eigenvalue weighted by atomic mass is 10.3. The number of carbonyl (C=O) groups excluding carboxylic acids is 1. The Labute approximate surface area is 101 Å². The van der Waals surface area contributed by atoms with Crippen molar-refractivity contribution in [3.63, 3.8) is 0 Å². The second-order valence-corrected chi connectivity index (χ2v) is 3.62. The van der Waals surface area contributed by atoms with Crippen LogP contribution in [0.25, 0.3) is 0 Å². The van der Waals surface area contributed by atoms with E-state index < -0.39 is 0 Å². The van der Waals surface area contributed by atoms with E-state index in [2.05, 4.69) is 5.43 Å². The fourth-order valence-corrected chi connectivity index (χ4v) is 1.23. The predicted octanol–water partition coefficient (Wildman–Crippen LogP) is 1.06. The molecule has 0 aromatic heterocycles. The van der Waals surface area contributed by atoms with Crippen molar-refractivity contribution >= 4 is 5.91 Å². The molecule has 0 atom stereocenters. The number of hydrogen-bond acceptors (Lipinski definition) is 4. The van der Waals surface area contributed by atoms with E-state index in [1.165, 1.54) is 0 Å². The summed E-state index contributed by atoms with van der Waals surface area (Å²) in [6.45, 7) is 2.55. The minimum absolute atomic E-state index is 0.00778. The maximum absolute atomic E-state index is 11.3. The fraction of sp³-hybridized carbons (Fsp3) is 0.417. The van der Waals surface area contributed by atoms with Crippen molar-refractivity contribution in [2.75, 3.05) is 27.3 Å². The molecule has 17 heavy (non-hydrogen) atoms. The van der Waals surface area contributed by atoms with Gasteiger partial charge in [0.1, 0.15) is 11.5 Å². The van der Waals surface area contributed by atoms with Crippen molar-refractivity contribution in [2.45, 2.75) is 6.92 Å². The average molecular weight is 238 g/mol. The molecular formula is C12H18N2O3. The van der Waals surface area contributed by atoms with Crippen LogP contribution in [0.1, 0.15) is 6.92 Å². The molecule has 0 radical (unpaired) electrons. The van der Waals surface area contributed by atoms with Crippen LogP contribution in [0.15, 0.2) is 24.3 Å². The quantitative estimate of drug-likeness (QED) is 0.753. The lowest BCUT2D eigenvalue weighted by molar-refractivity contribution is -0.126. The average Bonchev–Trinajstić information content (AvgIpc) is 2.28. The molecule has 0 aliphatic carbocycles. The summed E-state index contributed by atoms with van der Waals surface area (Å²) in [5.41, 5.74) is 2.59. The Morgan fingerprint density at radius 2 is 1.71 bits per heavy atom. The minimum Gasteiger partial charge on any atom is -0.494 e. The Morgan fingerprint density at radius 3 is 2.18 bits per heavy atom. The van der Waals surface area contributed by atoms with Gasteiger partial charge in [0.05, 0.1) is 6.61 Å². The van der Waals surface area contributed by atoms with E-state index in [-0.39, 0.29) is 12.5 Å². The van der Waals surface area contributed by atoms with Gasteiger partial charge in [-0.25, -0.2) is 5.01 Å². The van der Waals surface area contributed by atoms with Crippen LogP contribution in [0.4, 0.5) is 0 Å². The second-order valence-electron chi connectivity index (χ2n) is 3.62.